The number of benzene rings is 1. The Kier molecular flexibility index (Phi) is 8.26. The molecular formula is C19H25N3O6. The van der Waals surface area contributed by atoms with E-state index in [0.717, 1.165) is 0 Å². The molecule has 1 atom stereocenters. The number of esters is 1. The molecule has 28 heavy (non-hydrogen) atoms. The second-order valence-corrected chi connectivity index (χ2v) is 6.46. The van der Waals surface area contributed by atoms with Crippen molar-refractivity contribution in [2.24, 2.45) is 5.92 Å². The van der Waals surface area contributed by atoms with Crippen LogP contribution >= 0.6 is 0 Å². The van der Waals surface area contributed by atoms with Crippen molar-refractivity contribution in [3.63, 3.8) is 0 Å². The van der Waals surface area contributed by atoms with Crippen LogP contribution in [-0.2, 0) is 14.3 Å². The first-order valence-corrected chi connectivity index (χ1v) is 8.54. The first kappa shape index (κ1) is 22.8. The number of nitrogens with one attached hydrogen (secondary N) is 2. The number of carbonyl (C=O) groups excluding carboxylic acids is 3. The molecule has 9 heteroatoms. The summed E-state index contributed by atoms with van der Waals surface area (Å²) >= 11 is 0. The summed E-state index contributed by atoms with van der Waals surface area (Å²) in [5.41, 5.74) is -0.827. The van der Waals surface area contributed by atoms with E-state index in [2.05, 4.69) is 10.6 Å². The number of methoxy groups -OCH3 is 2. The molecule has 0 heterocycles. The quantitative estimate of drug-likeness (QED) is 0.602. The number of nitrogens with zero attached hydrogens (tertiary/aromatic N) is 1. The van der Waals surface area contributed by atoms with E-state index < -0.39 is 36.5 Å². The minimum Gasteiger partial charge on any atom is -0.497 e. The summed E-state index contributed by atoms with van der Waals surface area (Å²) in [5.74, 6) is -1.20. The summed E-state index contributed by atoms with van der Waals surface area (Å²) in [6, 6.07) is 6.61. The van der Waals surface area contributed by atoms with Gasteiger partial charge < -0.3 is 24.8 Å². The second kappa shape index (κ2) is 10.2. The van der Waals surface area contributed by atoms with Crippen molar-refractivity contribution in [1.29, 1.82) is 5.26 Å². The van der Waals surface area contributed by atoms with Crippen LogP contribution in [0.5, 0.6) is 11.5 Å². The Bertz CT molecular complexity index is 749. The molecule has 0 saturated carbocycles. The highest BCUT2D eigenvalue weighted by molar-refractivity contribution is 5.96. The van der Waals surface area contributed by atoms with Crippen LogP contribution < -0.4 is 20.1 Å². The number of hydrogen-bond acceptors (Lipinski definition) is 7. The molecule has 0 fully saturated rings. The number of ether oxygens (including phenoxy) is 3. The molecule has 1 aromatic carbocycles. The largest absolute Gasteiger partial charge is 0.497 e. The average Bonchev–Trinajstić information content (AvgIpc) is 2.69. The topological polar surface area (TPSA) is 127 Å². The molecule has 0 aliphatic rings. The third-order valence-electron chi connectivity index (χ3n) is 4.16. The maximum atomic E-state index is 12.2. The lowest BCUT2D eigenvalue weighted by Gasteiger charge is -2.27. The summed E-state index contributed by atoms with van der Waals surface area (Å²) in [5, 5.41) is 14.1. The van der Waals surface area contributed by atoms with E-state index in [0.29, 0.717) is 11.5 Å². The fourth-order valence-corrected chi connectivity index (χ4v) is 2.02. The van der Waals surface area contributed by atoms with Gasteiger partial charge in [0, 0.05) is 11.6 Å². The molecule has 0 aliphatic carbocycles. The van der Waals surface area contributed by atoms with Gasteiger partial charge in [0.2, 0.25) is 0 Å². The molecule has 0 radical (unpaired) electrons. The fraction of sp³-hybridized carbons (Fsp3) is 0.474. The Labute approximate surface area is 163 Å². The van der Waals surface area contributed by atoms with Gasteiger partial charge in [-0.1, -0.05) is 13.8 Å². The Morgan fingerprint density at radius 3 is 2.18 bits per heavy atom. The van der Waals surface area contributed by atoms with E-state index in [4.69, 9.17) is 14.2 Å². The van der Waals surface area contributed by atoms with Crippen molar-refractivity contribution >= 4 is 17.8 Å². The third kappa shape index (κ3) is 6.46. The Balaban J connectivity index is 2.54. The summed E-state index contributed by atoms with van der Waals surface area (Å²) in [6.45, 7) is 4.19. The highest BCUT2D eigenvalue weighted by Crippen LogP contribution is 2.22. The van der Waals surface area contributed by atoms with Crippen molar-refractivity contribution in [2.45, 2.75) is 26.3 Å². The fourth-order valence-electron chi connectivity index (χ4n) is 2.02. The maximum absolute atomic E-state index is 12.2. The zero-order valence-corrected chi connectivity index (χ0v) is 16.6. The molecule has 2 N–H and O–H groups in total. The van der Waals surface area contributed by atoms with E-state index in [-0.39, 0.29) is 11.5 Å². The van der Waals surface area contributed by atoms with Gasteiger partial charge in [-0.3, -0.25) is 14.4 Å². The smallest absolute Gasteiger partial charge is 0.325 e. The van der Waals surface area contributed by atoms with Crippen LogP contribution in [0.4, 0.5) is 0 Å². The second-order valence-electron chi connectivity index (χ2n) is 6.46. The lowest BCUT2D eigenvalue weighted by Crippen LogP contribution is -2.50. The Morgan fingerprint density at radius 1 is 1.14 bits per heavy atom. The van der Waals surface area contributed by atoms with Crippen LogP contribution in [0.3, 0.4) is 0 Å². The van der Waals surface area contributed by atoms with Crippen molar-refractivity contribution < 1.29 is 28.6 Å². The molecule has 152 valence electrons. The third-order valence-corrected chi connectivity index (χ3v) is 4.16. The zero-order chi connectivity index (χ0) is 21.3. The van der Waals surface area contributed by atoms with Crippen LogP contribution in [0, 0.1) is 17.2 Å². The van der Waals surface area contributed by atoms with Gasteiger partial charge in [-0.2, -0.15) is 5.26 Å². The van der Waals surface area contributed by atoms with E-state index in [1.54, 1.807) is 26.8 Å². The molecule has 2 amide bonds. The van der Waals surface area contributed by atoms with Crippen molar-refractivity contribution in [3.05, 3.63) is 23.8 Å². The van der Waals surface area contributed by atoms with Gasteiger partial charge in [0.25, 0.3) is 11.8 Å². The lowest BCUT2D eigenvalue weighted by atomic mass is 9.90. The first-order valence-electron chi connectivity index (χ1n) is 8.54. The van der Waals surface area contributed by atoms with Gasteiger partial charge in [0.05, 0.1) is 20.3 Å². The van der Waals surface area contributed by atoms with Crippen LogP contribution in [0.2, 0.25) is 0 Å². The van der Waals surface area contributed by atoms with E-state index in [9.17, 15) is 19.6 Å². The van der Waals surface area contributed by atoms with Gasteiger partial charge in [0.1, 0.15) is 23.6 Å². The summed E-state index contributed by atoms with van der Waals surface area (Å²) in [7, 11) is 2.91. The minimum atomic E-state index is -1.07. The molecule has 0 spiro atoms. The van der Waals surface area contributed by atoms with Crippen molar-refractivity contribution in [3.8, 4) is 17.6 Å². The van der Waals surface area contributed by atoms with Gasteiger partial charge in [-0.15, -0.1) is 0 Å². The SMILES string of the molecule is COc1cc(OC)cc(C(=O)NCC(=O)OCC(=O)N[C@@](C)(C#N)C(C)C)c1. The van der Waals surface area contributed by atoms with E-state index in [1.165, 1.54) is 26.4 Å². The number of nitriles is 1. The standard InChI is InChI=1S/C19H25N3O6/c1-12(2)19(3,11-20)22-16(23)10-28-17(24)9-21-18(25)13-6-14(26-4)8-15(7-13)27-5/h6-8,12H,9-10H2,1-5H3,(H,21,25)(H,22,23)/t19-/m0/s1. The highest BCUT2D eigenvalue weighted by atomic mass is 16.5. The molecule has 9 nitrogen and oxygen atoms in total. The van der Waals surface area contributed by atoms with Crippen LogP contribution in [0.25, 0.3) is 0 Å². The van der Waals surface area contributed by atoms with E-state index in [1.807, 2.05) is 6.07 Å². The Morgan fingerprint density at radius 2 is 1.71 bits per heavy atom. The van der Waals surface area contributed by atoms with Crippen molar-refractivity contribution in [1.82, 2.24) is 10.6 Å². The minimum absolute atomic E-state index is 0.128. The summed E-state index contributed by atoms with van der Waals surface area (Å²) in [4.78, 5) is 35.8. The summed E-state index contributed by atoms with van der Waals surface area (Å²) in [6.07, 6.45) is 0. The molecule has 0 aromatic heterocycles. The Hall–Kier alpha value is -3.28. The maximum Gasteiger partial charge on any atom is 0.325 e. The summed E-state index contributed by atoms with van der Waals surface area (Å²) < 4.78 is 15.0. The van der Waals surface area contributed by atoms with Gasteiger partial charge in [0.15, 0.2) is 6.61 Å². The van der Waals surface area contributed by atoms with Crippen LogP contribution in [0.15, 0.2) is 18.2 Å². The molecular weight excluding hydrogens is 366 g/mol. The molecule has 1 aromatic rings. The molecule has 0 bridgehead atoms. The predicted molar refractivity (Wildman–Crippen MR) is 99.8 cm³/mol. The molecule has 0 saturated heterocycles. The highest BCUT2D eigenvalue weighted by Gasteiger charge is 2.30. The van der Waals surface area contributed by atoms with Gasteiger partial charge in [-0.05, 0) is 25.0 Å². The van der Waals surface area contributed by atoms with Gasteiger partial charge in [-0.25, -0.2) is 0 Å². The average molecular weight is 391 g/mol. The molecule has 0 aliphatic heterocycles. The number of rotatable bonds is 9. The zero-order valence-electron chi connectivity index (χ0n) is 16.6. The lowest BCUT2D eigenvalue weighted by molar-refractivity contribution is -0.147. The number of hydrogen-bond donors (Lipinski definition) is 2. The van der Waals surface area contributed by atoms with Crippen LogP contribution in [-0.4, -0.2) is 50.7 Å². The molecule has 1 rings (SSSR count). The van der Waals surface area contributed by atoms with Gasteiger partial charge >= 0.3 is 5.97 Å². The first-order chi connectivity index (χ1) is 13.1. The van der Waals surface area contributed by atoms with E-state index >= 15 is 0 Å². The number of carbonyl (C=O) groups is 3. The molecule has 0 unspecified atom stereocenters. The van der Waals surface area contributed by atoms with Crippen LogP contribution in [0.1, 0.15) is 31.1 Å². The normalized spacial score (nSPS) is 12.3. The predicted octanol–water partition coefficient (Wildman–Crippen LogP) is 1.03. The number of amides is 2. The van der Waals surface area contributed by atoms with Crippen molar-refractivity contribution in [2.75, 3.05) is 27.4 Å². The monoisotopic (exact) mass is 391 g/mol.